The maximum atomic E-state index is 12.5. The third kappa shape index (κ3) is 4.16. The molecule has 0 atom stereocenters. The van der Waals surface area contributed by atoms with Gasteiger partial charge in [-0.1, -0.05) is 35.7 Å². The molecule has 130 valence electrons. The number of carbonyl (C=O) groups is 1. The number of hydrogen-bond acceptors (Lipinski definition) is 4. The van der Waals surface area contributed by atoms with E-state index in [4.69, 9.17) is 11.2 Å². The van der Waals surface area contributed by atoms with Crippen LogP contribution in [-0.2, 0) is 4.79 Å². The van der Waals surface area contributed by atoms with Crippen LogP contribution in [0, 0.1) is 19.3 Å². The SMILES string of the molecule is C#CCOc1ccc(/C=C2\SC(=Nc3ccc(C)cc3)N(C)C2=O)cc1. The Kier molecular flexibility index (Phi) is 5.45. The van der Waals surface area contributed by atoms with Gasteiger partial charge in [0.15, 0.2) is 5.17 Å². The third-order valence-corrected chi connectivity index (χ3v) is 4.82. The van der Waals surface area contributed by atoms with Crippen LogP contribution in [0.4, 0.5) is 5.69 Å². The summed E-state index contributed by atoms with van der Waals surface area (Å²) in [5.74, 6) is 3.07. The van der Waals surface area contributed by atoms with Gasteiger partial charge >= 0.3 is 0 Å². The van der Waals surface area contributed by atoms with Gasteiger partial charge in [0.2, 0.25) is 0 Å². The topological polar surface area (TPSA) is 41.9 Å². The first-order chi connectivity index (χ1) is 12.6. The molecule has 0 N–H and O–H groups in total. The minimum atomic E-state index is -0.0616. The molecule has 0 spiro atoms. The van der Waals surface area contributed by atoms with E-state index in [0.717, 1.165) is 11.3 Å². The second-order valence-electron chi connectivity index (χ2n) is 5.77. The highest BCUT2D eigenvalue weighted by Crippen LogP contribution is 2.33. The number of aryl methyl sites for hydroxylation is 1. The summed E-state index contributed by atoms with van der Waals surface area (Å²) in [6.07, 6.45) is 7.03. The van der Waals surface area contributed by atoms with E-state index < -0.39 is 0 Å². The van der Waals surface area contributed by atoms with Gasteiger partial charge in [-0.3, -0.25) is 9.69 Å². The lowest BCUT2D eigenvalue weighted by molar-refractivity contribution is -0.121. The van der Waals surface area contributed by atoms with Crippen LogP contribution in [-0.4, -0.2) is 29.6 Å². The summed E-state index contributed by atoms with van der Waals surface area (Å²) in [6, 6.07) is 15.3. The van der Waals surface area contributed by atoms with Crippen LogP contribution in [0.15, 0.2) is 58.4 Å². The Morgan fingerprint density at radius 1 is 1.19 bits per heavy atom. The molecule has 2 aromatic rings. The molecule has 26 heavy (non-hydrogen) atoms. The van der Waals surface area contributed by atoms with Crippen LogP contribution in [0.2, 0.25) is 0 Å². The Morgan fingerprint density at radius 3 is 2.54 bits per heavy atom. The predicted octanol–water partition coefficient (Wildman–Crippen LogP) is 4.24. The molecule has 1 aliphatic heterocycles. The second kappa shape index (κ2) is 7.94. The van der Waals surface area contributed by atoms with Gasteiger partial charge in [0.1, 0.15) is 12.4 Å². The van der Waals surface area contributed by atoms with Crippen molar-refractivity contribution in [3.05, 3.63) is 64.6 Å². The average Bonchev–Trinajstić information content (AvgIpc) is 2.91. The highest BCUT2D eigenvalue weighted by Gasteiger charge is 2.30. The fraction of sp³-hybridized carbons (Fsp3) is 0.143. The lowest BCUT2D eigenvalue weighted by Gasteiger charge is -2.07. The molecule has 0 aromatic heterocycles. The van der Waals surface area contributed by atoms with Crippen molar-refractivity contribution in [2.75, 3.05) is 13.7 Å². The summed E-state index contributed by atoms with van der Waals surface area (Å²) in [5, 5.41) is 0.666. The Hall–Kier alpha value is -2.97. The summed E-state index contributed by atoms with van der Waals surface area (Å²) in [5.41, 5.74) is 2.92. The van der Waals surface area contributed by atoms with Gasteiger partial charge in [0, 0.05) is 7.05 Å². The lowest BCUT2D eigenvalue weighted by Crippen LogP contribution is -2.23. The van der Waals surface area contributed by atoms with E-state index in [2.05, 4.69) is 10.9 Å². The minimum absolute atomic E-state index is 0.0616. The number of aliphatic imine (C=N–C) groups is 1. The molecular weight excluding hydrogens is 344 g/mol. The fourth-order valence-electron chi connectivity index (χ4n) is 2.32. The lowest BCUT2D eigenvalue weighted by atomic mass is 10.2. The van der Waals surface area contributed by atoms with E-state index in [9.17, 15) is 4.79 Å². The summed E-state index contributed by atoms with van der Waals surface area (Å²) in [7, 11) is 1.74. The largest absolute Gasteiger partial charge is 0.481 e. The van der Waals surface area contributed by atoms with Gasteiger partial charge in [-0.05, 0) is 54.6 Å². The summed E-state index contributed by atoms with van der Waals surface area (Å²) in [6.45, 7) is 2.26. The number of nitrogens with zero attached hydrogens (tertiary/aromatic N) is 2. The second-order valence-corrected chi connectivity index (χ2v) is 6.78. The molecule has 2 aromatic carbocycles. The molecule has 1 saturated heterocycles. The average molecular weight is 362 g/mol. The molecular formula is C21H18N2O2S. The first kappa shape index (κ1) is 17.8. The quantitative estimate of drug-likeness (QED) is 0.603. The fourth-order valence-corrected chi connectivity index (χ4v) is 3.30. The van der Waals surface area contributed by atoms with Crippen molar-refractivity contribution >= 4 is 34.6 Å². The van der Waals surface area contributed by atoms with Crippen molar-refractivity contribution in [1.29, 1.82) is 0 Å². The number of likely N-dealkylation sites (N-methyl/N-ethyl adjacent to an activating group) is 1. The standard InChI is InChI=1S/C21H18N2O2S/c1-4-13-25-18-11-7-16(8-12-18)14-19-20(24)23(3)21(26-19)22-17-9-5-15(2)6-10-17/h1,5-12,14H,13H2,2-3H3/b19-14-,22-21?. The molecule has 0 radical (unpaired) electrons. The molecule has 1 heterocycles. The van der Waals surface area contributed by atoms with Crippen molar-refractivity contribution in [2.24, 2.45) is 4.99 Å². The van der Waals surface area contributed by atoms with Crippen molar-refractivity contribution in [3.8, 4) is 18.1 Å². The Bertz CT molecular complexity index is 907. The number of amidine groups is 1. The van der Waals surface area contributed by atoms with Crippen LogP contribution in [0.1, 0.15) is 11.1 Å². The van der Waals surface area contributed by atoms with Crippen LogP contribution in [0.3, 0.4) is 0 Å². The van der Waals surface area contributed by atoms with Gasteiger partial charge < -0.3 is 4.74 Å². The van der Waals surface area contributed by atoms with Gasteiger partial charge in [0.25, 0.3) is 5.91 Å². The van der Waals surface area contributed by atoms with E-state index in [0.29, 0.717) is 15.8 Å². The van der Waals surface area contributed by atoms with E-state index in [1.54, 1.807) is 11.9 Å². The molecule has 0 unspecified atom stereocenters. The number of amides is 1. The van der Waals surface area contributed by atoms with Crippen LogP contribution in [0.25, 0.3) is 6.08 Å². The van der Waals surface area contributed by atoms with Crippen LogP contribution >= 0.6 is 11.8 Å². The number of carbonyl (C=O) groups excluding carboxylic acids is 1. The Balaban J connectivity index is 1.78. The summed E-state index contributed by atoms with van der Waals surface area (Å²) in [4.78, 5) is 19.3. The van der Waals surface area contributed by atoms with Gasteiger partial charge in [-0.15, -0.1) is 6.42 Å². The summed E-state index contributed by atoms with van der Waals surface area (Å²) >= 11 is 1.37. The number of ether oxygens (including phenoxy) is 1. The number of terminal acetylenes is 1. The first-order valence-corrected chi connectivity index (χ1v) is 8.88. The Labute approximate surface area is 157 Å². The molecule has 1 amide bonds. The zero-order chi connectivity index (χ0) is 18.5. The predicted molar refractivity (Wildman–Crippen MR) is 107 cm³/mol. The van der Waals surface area contributed by atoms with Crippen molar-refractivity contribution < 1.29 is 9.53 Å². The number of hydrogen-bond donors (Lipinski definition) is 0. The number of thioether (sulfide) groups is 1. The smallest absolute Gasteiger partial charge is 0.266 e. The number of rotatable bonds is 4. The van der Waals surface area contributed by atoms with Gasteiger partial charge in [-0.25, -0.2) is 4.99 Å². The monoisotopic (exact) mass is 362 g/mol. The maximum Gasteiger partial charge on any atom is 0.266 e. The molecule has 4 nitrogen and oxygen atoms in total. The normalized spacial score (nSPS) is 17.0. The molecule has 1 aliphatic rings. The highest BCUT2D eigenvalue weighted by molar-refractivity contribution is 8.18. The van der Waals surface area contributed by atoms with Crippen molar-refractivity contribution in [1.82, 2.24) is 4.90 Å². The van der Waals surface area contributed by atoms with E-state index in [-0.39, 0.29) is 12.5 Å². The van der Waals surface area contributed by atoms with Crippen molar-refractivity contribution in [3.63, 3.8) is 0 Å². The molecule has 0 bridgehead atoms. The minimum Gasteiger partial charge on any atom is -0.481 e. The molecule has 3 rings (SSSR count). The van der Waals surface area contributed by atoms with E-state index >= 15 is 0 Å². The molecule has 0 aliphatic carbocycles. The zero-order valence-corrected chi connectivity index (χ0v) is 15.4. The molecule has 1 fully saturated rings. The highest BCUT2D eigenvalue weighted by atomic mass is 32.2. The maximum absolute atomic E-state index is 12.5. The first-order valence-electron chi connectivity index (χ1n) is 8.06. The van der Waals surface area contributed by atoms with Crippen LogP contribution in [0.5, 0.6) is 5.75 Å². The summed E-state index contributed by atoms with van der Waals surface area (Å²) < 4.78 is 5.35. The van der Waals surface area contributed by atoms with Crippen LogP contribution < -0.4 is 4.74 Å². The van der Waals surface area contributed by atoms with Crippen molar-refractivity contribution in [2.45, 2.75) is 6.92 Å². The Morgan fingerprint density at radius 2 is 1.88 bits per heavy atom. The van der Waals surface area contributed by atoms with E-state index in [1.807, 2.05) is 61.5 Å². The third-order valence-electron chi connectivity index (χ3n) is 3.76. The van der Waals surface area contributed by atoms with Gasteiger partial charge in [-0.2, -0.15) is 0 Å². The molecule has 0 saturated carbocycles. The van der Waals surface area contributed by atoms with Gasteiger partial charge in [0.05, 0.1) is 10.6 Å². The number of benzene rings is 2. The van der Waals surface area contributed by atoms with E-state index in [1.165, 1.54) is 17.3 Å². The molecule has 5 heteroatoms. The zero-order valence-electron chi connectivity index (χ0n) is 14.6.